The Morgan fingerprint density at radius 2 is 1.90 bits per heavy atom. The van der Waals surface area contributed by atoms with Crippen molar-refractivity contribution in [3.63, 3.8) is 0 Å². The fraction of sp³-hybridized carbons (Fsp3) is 0.233. The third-order valence-electron chi connectivity index (χ3n) is 7.04. The first-order chi connectivity index (χ1) is 19.2. The van der Waals surface area contributed by atoms with E-state index in [1.807, 2.05) is 43.9 Å². The van der Waals surface area contributed by atoms with Gasteiger partial charge in [0, 0.05) is 35.5 Å². The van der Waals surface area contributed by atoms with Gasteiger partial charge in [-0.25, -0.2) is 18.8 Å². The summed E-state index contributed by atoms with van der Waals surface area (Å²) in [5.41, 5.74) is 2.63. The molecule has 0 bridgehead atoms. The minimum atomic E-state index is -0.688. The first-order valence-corrected chi connectivity index (χ1v) is 12.9. The summed E-state index contributed by atoms with van der Waals surface area (Å²) in [6.45, 7) is 6.78. The van der Waals surface area contributed by atoms with Gasteiger partial charge in [0.1, 0.15) is 23.3 Å². The highest BCUT2D eigenvalue weighted by molar-refractivity contribution is 6.18. The number of benzene rings is 2. The van der Waals surface area contributed by atoms with E-state index in [0.717, 1.165) is 11.6 Å². The fourth-order valence-corrected chi connectivity index (χ4v) is 5.20. The maximum Gasteiger partial charge on any atom is 0.283 e. The predicted octanol–water partition coefficient (Wildman–Crippen LogP) is 5.24. The molecule has 0 radical (unpaired) electrons. The van der Waals surface area contributed by atoms with Gasteiger partial charge in [0.05, 0.1) is 36.0 Å². The minimum absolute atomic E-state index is 0.0133. The topological polar surface area (TPSA) is 90.4 Å². The minimum Gasteiger partial charge on any atom is -0.305 e. The normalized spacial score (nSPS) is 15.5. The van der Waals surface area contributed by atoms with Crippen LogP contribution in [0.5, 0.6) is 0 Å². The van der Waals surface area contributed by atoms with Crippen LogP contribution in [0.25, 0.3) is 22.6 Å². The van der Waals surface area contributed by atoms with Gasteiger partial charge in [0.15, 0.2) is 5.69 Å². The Morgan fingerprint density at radius 1 is 1.07 bits per heavy atom. The third kappa shape index (κ3) is 4.20. The molecule has 8 nitrogen and oxygen atoms in total. The van der Waals surface area contributed by atoms with Crippen molar-refractivity contribution in [1.82, 2.24) is 19.4 Å². The van der Waals surface area contributed by atoms with Crippen LogP contribution in [0.1, 0.15) is 42.4 Å². The van der Waals surface area contributed by atoms with Gasteiger partial charge in [-0.15, -0.1) is 0 Å². The van der Waals surface area contributed by atoms with Crippen LogP contribution in [-0.4, -0.2) is 49.9 Å². The summed E-state index contributed by atoms with van der Waals surface area (Å²) in [6, 6.07) is 16.4. The van der Waals surface area contributed by atoms with E-state index in [1.165, 1.54) is 12.1 Å². The van der Waals surface area contributed by atoms with Gasteiger partial charge < -0.3 is 4.57 Å². The maximum absolute atomic E-state index is 14.9. The summed E-state index contributed by atoms with van der Waals surface area (Å²) in [5.74, 6) is -0.172. The maximum atomic E-state index is 14.9. The lowest BCUT2D eigenvalue weighted by Gasteiger charge is -2.34. The molecule has 0 saturated carbocycles. The van der Waals surface area contributed by atoms with Crippen molar-refractivity contribution in [2.75, 3.05) is 18.0 Å². The van der Waals surface area contributed by atoms with Crippen molar-refractivity contribution in [3.05, 3.63) is 89.2 Å². The molecule has 2 aromatic heterocycles. The lowest BCUT2D eigenvalue weighted by atomic mass is 10.1. The van der Waals surface area contributed by atoms with Gasteiger partial charge in [-0.1, -0.05) is 18.2 Å². The van der Waals surface area contributed by atoms with E-state index in [0.29, 0.717) is 47.5 Å². The Labute approximate surface area is 229 Å². The lowest BCUT2D eigenvalue weighted by Crippen LogP contribution is -2.51. The molecule has 1 amide bonds. The number of guanidine groups is 1. The van der Waals surface area contributed by atoms with Gasteiger partial charge in [-0.05, 0) is 51.1 Å². The molecule has 4 heterocycles. The van der Waals surface area contributed by atoms with Gasteiger partial charge in [-0.3, -0.25) is 19.6 Å². The van der Waals surface area contributed by atoms with E-state index < -0.39 is 17.2 Å². The number of nitrogens with zero attached hydrogens (tertiary/aromatic N) is 7. The average molecular weight is 538 g/mol. The molecule has 200 valence electrons. The Kier molecular flexibility index (Phi) is 5.95. The molecule has 0 fully saturated rings. The van der Waals surface area contributed by atoms with Crippen molar-refractivity contribution in [3.8, 4) is 28.7 Å². The molecule has 0 saturated heterocycles. The Bertz CT molecular complexity index is 1730. The summed E-state index contributed by atoms with van der Waals surface area (Å²) in [6.07, 6.45) is 1.64. The highest BCUT2D eigenvalue weighted by Gasteiger charge is 2.45. The number of imidazole rings is 1. The van der Waals surface area contributed by atoms with Crippen molar-refractivity contribution in [2.24, 2.45) is 4.99 Å². The highest BCUT2D eigenvalue weighted by Crippen LogP contribution is 2.39. The molecule has 2 aromatic carbocycles. The number of aliphatic imine (C=N–C) groups is 1. The van der Waals surface area contributed by atoms with E-state index in [-0.39, 0.29) is 23.7 Å². The SMILES string of the molecule is CCN1C(=O)c2nc(-c3ccc(-c4cccc(C#N)c4)nc3)n(Cc3ccc(F)cc3F)c2N2CC(C)(C)N=C12. The molecule has 6 rings (SSSR count). The molecular formula is C30H25F2N7O. The molecule has 0 spiro atoms. The van der Waals surface area contributed by atoms with Crippen LogP contribution in [0.15, 0.2) is 65.8 Å². The van der Waals surface area contributed by atoms with E-state index in [4.69, 9.17) is 9.98 Å². The fourth-order valence-electron chi connectivity index (χ4n) is 5.20. The Hall–Kier alpha value is -4.91. The molecule has 0 atom stereocenters. The van der Waals surface area contributed by atoms with Crippen molar-refractivity contribution in [1.29, 1.82) is 5.26 Å². The van der Waals surface area contributed by atoms with Gasteiger partial charge in [0.2, 0.25) is 5.96 Å². The number of carbonyl (C=O) groups excluding carboxylic acids is 1. The zero-order valence-electron chi connectivity index (χ0n) is 22.2. The number of carbonyl (C=O) groups is 1. The molecular weight excluding hydrogens is 512 g/mol. The first kappa shape index (κ1) is 25.4. The standard InChI is InChI=1S/C30H25F2N7O/c1-4-37-28(40)25-27(39-17-30(2,3)36-29(37)39)38(16-21-8-10-22(31)13-23(21)32)26(35-25)20-9-11-24(34-15-20)19-7-5-6-18(12-19)14-33/h5-13,15H,4,16-17H2,1-3H3. The number of nitriles is 1. The van der Waals surface area contributed by atoms with E-state index in [1.54, 1.807) is 33.9 Å². The molecule has 4 aromatic rings. The zero-order chi connectivity index (χ0) is 28.2. The summed E-state index contributed by atoms with van der Waals surface area (Å²) in [4.78, 5) is 31.4. The van der Waals surface area contributed by atoms with Gasteiger partial charge >= 0.3 is 0 Å². The summed E-state index contributed by atoms with van der Waals surface area (Å²) >= 11 is 0. The highest BCUT2D eigenvalue weighted by atomic mass is 19.1. The van der Waals surface area contributed by atoms with Crippen molar-refractivity contribution in [2.45, 2.75) is 32.9 Å². The number of fused-ring (bicyclic) bond motifs is 3. The predicted molar refractivity (Wildman–Crippen MR) is 147 cm³/mol. The second-order valence-electron chi connectivity index (χ2n) is 10.4. The van der Waals surface area contributed by atoms with Crippen LogP contribution in [0.4, 0.5) is 14.6 Å². The molecule has 40 heavy (non-hydrogen) atoms. The number of pyridine rings is 1. The summed E-state index contributed by atoms with van der Waals surface area (Å²) < 4.78 is 30.4. The van der Waals surface area contributed by atoms with Crippen molar-refractivity contribution >= 4 is 17.7 Å². The average Bonchev–Trinajstić information content (AvgIpc) is 3.47. The lowest BCUT2D eigenvalue weighted by molar-refractivity contribution is 0.0841. The van der Waals surface area contributed by atoms with Crippen LogP contribution in [-0.2, 0) is 6.54 Å². The Balaban J connectivity index is 1.51. The molecule has 2 aliphatic heterocycles. The second kappa shape index (κ2) is 9.38. The zero-order valence-corrected chi connectivity index (χ0v) is 22.2. The van der Waals surface area contributed by atoms with E-state index in [2.05, 4.69) is 11.1 Å². The number of amides is 1. The largest absolute Gasteiger partial charge is 0.305 e. The second-order valence-corrected chi connectivity index (χ2v) is 10.4. The number of rotatable bonds is 5. The third-order valence-corrected chi connectivity index (χ3v) is 7.04. The monoisotopic (exact) mass is 537 g/mol. The summed E-state index contributed by atoms with van der Waals surface area (Å²) in [7, 11) is 0. The number of anilines is 1. The van der Waals surface area contributed by atoms with Crippen LogP contribution in [0.3, 0.4) is 0 Å². The van der Waals surface area contributed by atoms with Crippen molar-refractivity contribution < 1.29 is 13.6 Å². The van der Waals surface area contributed by atoms with Crippen LogP contribution < -0.4 is 4.90 Å². The molecule has 0 unspecified atom stereocenters. The van der Waals surface area contributed by atoms with Crippen LogP contribution >= 0.6 is 0 Å². The first-order valence-electron chi connectivity index (χ1n) is 12.9. The van der Waals surface area contributed by atoms with E-state index in [9.17, 15) is 18.8 Å². The number of halogens is 2. The molecule has 0 N–H and O–H groups in total. The molecule has 2 aliphatic rings. The van der Waals surface area contributed by atoms with Crippen LogP contribution in [0, 0.1) is 23.0 Å². The number of hydrogen-bond acceptors (Lipinski definition) is 6. The molecule has 0 aliphatic carbocycles. The molecule has 10 heteroatoms. The quantitative estimate of drug-likeness (QED) is 0.347. The van der Waals surface area contributed by atoms with Gasteiger partial charge in [-0.2, -0.15) is 5.26 Å². The van der Waals surface area contributed by atoms with Gasteiger partial charge in [0.25, 0.3) is 5.91 Å². The number of aromatic nitrogens is 3. The Morgan fingerprint density at radius 3 is 2.60 bits per heavy atom. The van der Waals surface area contributed by atoms with E-state index >= 15 is 0 Å². The number of hydrogen-bond donors (Lipinski definition) is 0. The smallest absolute Gasteiger partial charge is 0.283 e. The summed E-state index contributed by atoms with van der Waals surface area (Å²) in [5, 5.41) is 9.25. The van der Waals surface area contributed by atoms with Crippen LogP contribution in [0.2, 0.25) is 0 Å².